The van der Waals surface area contributed by atoms with Crippen molar-refractivity contribution in [2.75, 3.05) is 0 Å². The molecule has 1 fully saturated rings. The largest absolute Gasteiger partial charge is 0.283 e. The Kier molecular flexibility index (Phi) is 3.07. The fourth-order valence-corrected chi connectivity index (χ4v) is 2.78. The lowest BCUT2D eigenvalue weighted by molar-refractivity contribution is -0.383. The van der Waals surface area contributed by atoms with Crippen molar-refractivity contribution in [3.63, 3.8) is 0 Å². The Labute approximate surface area is 130 Å². The Morgan fingerprint density at radius 1 is 1.26 bits per heavy atom. The Morgan fingerprint density at radius 2 is 2.04 bits per heavy atom. The molecule has 0 spiro atoms. The summed E-state index contributed by atoms with van der Waals surface area (Å²) in [6, 6.07) is 10.2. The molecule has 0 unspecified atom stereocenters. The summed E-state index contributed by atoms with van der Waals surface area (Å²) in [7, 11) is 0. The van der Waals surface area contributed by atoms with Crippen LogP contribution in [0.25, 0.3) is 10.9 Å². The average Bonchev–Trinajstić information content (AvgIpc) is 3.34. The van der Waals surface area contributed by atoms with Crippen LogP contribution in [0, 0.1) is 16.1 Å². The van der Waals surface area contributed by atoms with Gasteiger partial charge in [-0.2, -0.15) is 4.39 Å². The molecule has 1 aliphatic carbocycles. The van der Waals surface area contributed by atoms with Gasteiger partial charge >= 0.3 is 0 Å². The van der Waals surface area contributed by atoms with Gasteiger partial charge in [0.2, 0.25) is 5.95 Å². The molecule has 2 heterocycles. The zero-order valence-corrected chi connectivity index (χ0v) is 12.1. The number of pyridine rings is 1. The molecule has 23 heavy (non-hydrogen) atoms. The molecule has 1 aromatic carbocycles. The topological polar surface area (TPSA) is 73.8 Å². The second-order valence-corrected chi connectivity index (χ2v) is 5.70. The van der Waals surface area contributed by atoms with Gasteiger partial charge in [0, 0.05) is 17.7 Å². The van der Waals surface area contributed by atoms with Crippen LogP contribution in [0.3, 0.4) is 0 Å². The number of nitro benzene ring substituents is 1. The summed E-state index contributed by atoms with van der Waals surface area (Å²) in [4.78, 5) is 15.0. The fourth-order valence-electron chi connectivity index (χ4n) is 2.78. The van der Waals surface area contributed by atoms with Crippen molar-refractivity contribution in [2.45, 2.75) is 25.3 Å². The van der Waals surface area contributed by atoms with E-state index < -0.39 is 10.9 Å². The van der Waals surface area contributed by atoms with E-state index in [0.29, 0.717) is 11.4 Å². The molecule has 2 aromatic heterocycles. The molecule has 0 N–H and O–H groups in total. The Hall–Kier alpha value is -2.83. The summed E-state index contributed by atoms with van der Waals surface area (Å²) < 4.78 is 15.5. The highest BCUT2D eigenvalue weighted by molar-refractivity contribution is 5.88. The van der Waals surface area contributed by atoms with Gasteiger partial charge in [0.15, 0.2) is 0 Å². The average molecular weight is 312 g/mol. The minimum Gasteiger partial charge on any atom is -0.258 e. The van der Waals surface area contributed by atoms with Crippen molar-refractivity contribution in [3.05, 3.63) is 63.8 Å². The molecular formula is C16H13FN4O2. The van der Waals surface area contributed by atoms with Gasteiger partial charge < -0.3 is 0 Å². The predicted molar refractivity (Wildman–Crippen MR) is 81.7 cm³/mol. The number of nitro groups is 1. The summed E-state index contributed by atoms with van der Waals surface area (Å²) in [6.07, 6.45) is 2.31. The van der Waals surface area contributed by atoms with Crippen molar-refractivity contribution in [1.29, 1.82) is 0 Å². The van der Waals surface area contributed by atoms with Crippen LogP contribution in [-0.4, -0.2) is 19.7 Å². The second kappa shape index (κ2) is 5.12. The molecule has 1 saturated carbocycles. The smallest absolute Gasteiger partial charge is 0.258 e. The molecule has 0 radical (unpaired) electrons. The summed E-state index contributed by atoms with van der Waals surface area (Å²) in [5, 5.41) is 14.8. The molecule has 116 valence electrons. The molecule has 6 nitrogen and oxygen atoms in total. The molecule has 7 heteroatoms. The highest BCUT2D eigenvalue weighted by Gasteiger charge is 2.25. The van der Waals surface area contributed by atoms with Crippen LogP contribution in [0.5, 0.6) is 0 Å². The predicted octanol–water partition coefficient (Wildman–Crippen LogP) is 3.40. The third-order valence-electron chi connectivity index (χ3n) is 4.05. The Morgan fingerprint density at radius 3 is 2.78 bits per heavy atom. The van der Waals surface area contributed by atoms with E-state index in [0.717, 1.165) is 24.2 Å². The third-order valence-corrected chi connectivity index (χ3v) is 4.05. The molecule has 0 amide bonds. The maximum Gasteiger partial charge on any atom is 0.283 e. The molecule has 0 atom stereocenters. The Balaban J connectivity index is 1.76. The maximum absolute atomic E-state index is 14.1. The number of benzene rings is 1. The lowest BCUT2D eigenvalue weighted by atomic mass is 10.2. The summed E-state index contributed by atoms with van der Waals surface area (Å²) in [5.41, 5.74) is 1.94. The van der Waals surface area contributed by atoms with Gasteiger partial charge in [-0.05, 0) is 31.0 Å². The van der Waals surface area contributed by atoms with E-state index in [9.17, 15) is 14.5 Å². The minimum absolute atomic E-state index is 0.0594. The maximum atomic E-state index is 14.1. The van der Waals surface area contributed by atoms with Gasteiger partial charge in [0.05, 0.1) is 22.7 Å². The first kappa shape index (κ1) is 13.8. The van der Waals surface area contributed by atoms with Gasteiger partial charge in [-0.1, -0.05) is 12.1 Å². The van der Waals surface area contributed by atoms with E-state index in [1.165, 1.54) is 16.8 Å². The first-order valence-electron chi connectivity index (χ1n) is 7.39. The van der Waals surface area contributed by atoms with Crippen LogP contribution in [0.1, 0.15) is 30.1 Å². The van der Waals surface area contributed by atoms with Crippen LogP contribution in [-0.2, 0) is 6.54 Å². The first-order chi connectivity index (χ1) is 11.1. The Bertz CT molecular complexity index is 918. The van der Waals surface area contributed by atoms with Crippen LogP contribution in [0.4, 0.5) is 10.1 Å². The van der Waals surface area contributed by atoms with Crippen molar-refractivity contribution in [1.82, 2.24) is 14.8 Å². The quantitative estimate of drug-likeness (QED) is 0.546. The van der Waals surface area contributed by atoms with Crippen LogP contribution in [0.15, 0.2) is 36.4 Å². The number of halogens is 1. The van der Waals surface area contributed by atoms with Crippen molar-refractivity contribution in [3.8, 4) is 0 Å². The van der Waals surface area contributed by atoms with E-state index >= 15 is 0 Å². The van der Waals surface area contributed by atoms with Gasteiger partial charge in [-0.3, -0.25) is 19.8 Å². The number of aromatic nitrogens is 3. The van der Waals surface area contributed by atoms with Gasteiger partial charge in [0.1, 0.15) is 5.39 Å². The number of hydrogen-bond acceptors (Lipinski definition) is 4. The third kappa shape index (κ3) is 2.44. The van der Waals surface area contributed by atoms with Gasteiger partial charge in [-0.15, -0.1) is 5.10 Å². The minimum atomic E-state index is -0.828. The molecule has 0 saturated heterocycles. The van der Waals surface area contributed by atoms with Crippen molar-refractivity contribution < 1.29 is 9.31 Å². The van der Waals surface area contributed by atoms with E-state index in [1.807, 2.05) is 18.2 Å². The monoisotopic (exact) mass is 312 g/mol. The zero-order valence-electron chi connectivity index (χ0n) is 12.1. The van der Waals surface area contributed by atoms with Crippen molar-refractivity contribution in [2.24, 2.45) is 0 Å². The van der Waals surface area contributed by atoms with E-state index in [2.05, 4.69) is 10.1 Å². The zero-order chi connectivity index (χ0) is 16.0. The van der Waals surface area contributed by atoms with E-state index in [-0.39, 0.29) is 17.6 Å². The molecule has 1 aliphatic rings. The molecule has 0 aliphatic heterocycles. The lowest BCUT2D eigenvalue weighted by Gasteiger charge is -2.05. The normalized spacial score (nSPS) is 14.3. The van der Waals surface area contributed by atoms with Crippen LogP contribution in [0.2, 0.25) is 0 Å². The van der Waals surface area contributed by atoms with E-state index in [4.69, 9.17) is 0 Å². The van der Waals surface area contributed by atoms with Crippen LogP contribution >= 0.6 is 0 Å². The van der Waals surface area contributed by atoms with E-state index in [1.54, 1.807) is 6.07 Å². The first-order valence-corrected chi connectivity index (χ1v) is 7.39. The van der Waals surface area contributed by atoms with Gasteiger partial charge in [0.25, 0.3) is 5.69 Å². The fraction of sp³-hybridized carbons (Fsp3) is 0.250. The standard InChI is InChI=1S/C16H13FN4O2/c17-16-15-13(5-2-6-14(15)21(22)23)20(19-16)9-11-3-1-4-12(18-11)10-7-8-10/h1-6,10H,7-9H2. The molecule has 0 bridgehead atoms. The van der Waals surface area contributed by atoms with Crippen LogP contribution < -0.4 is 0 Å². The molecule has 3 aromatic rings. The number of rotatable bonds is 4. The summed E-state index contributed by atoms with van der Waals surface area (Å²) in [5.74, 6) is -0.298. The summed E-state index contributed by atoms with van der Waals surface area (Å²) in [6.45, 7) is 0.280. The lowest BCUT2D eigenvalue weighted by Crippen LogP contribution is -2.05. The van der Waals surface area contributed by atoms with Gasteiger partial charge in [-0.25, -0.2) is 0 Å². The second-order valence-electron chi connectivity index (χ2n) is 5.70. The highest BCUT2D eigenvalue weighted by atomic mass is 19.1. The van der Waals surface area contributed by atoms with Crippen molar-refractivity contribution >= 4 is 16.6 Å². The molecule has 4 rings (SSSR count). The number of hydrogen-bond donors (Lipinski definition) is 0. The summed E-state index contributed by atoms with van der Waals surface area (Å²) >= 11 is 0. The number of fused-ring (bicyclic) bond motifs is 1. The highest BCUT2D eigenvalue weighted by Crippen LogP contribution is 2.38. The molecular weight excluding hydrogens is 299 g/mol. The number of non-ortho nitro benzene ring substituents is 1. The SMILES string of the molecule is O=[N+]([O-])c1cccc2c1c(F)nn2Cc1cccc(C2CC2)n1. The number of nitrogens with zero attached hydrogens (tertiary/aromatic N) is 4.